The third-order valence-electron chi connectivity index (χ3n) is 2.55. The van der Waals surface area contributed by atoms with E-state index < -0.39 is 5.54 Å². The Labute approximate surface area is 99.7 Å². The van der Waals surface area contributed by atoms with Crippen LogP contribution in [0.5, 0.6) is 0 Å². The molecule has 86 valence electrons. The van der Waals surface area contributed by atoms with E-state index in [1.54, 1.807) is 0 Å². The highest BCUT2D eigenvalue weighted by atomic mass is 35.5. The van der Waals surface area contributed by atoms with Gasteiger partial charge in [0.2, 0.25) is 0 Å². The molecule has 1 aliphatic rings. The smallest absolute Gasteiger partial charge is 0.188 e. The molecule has 3 nitrogen and oxygen atoms in total. The first-order valence-electron chi connectivity index (χ1n) is 5.18. The van der Waals surface area contributed by atoms with E-state index in [0.29, 0.717) is 18.9 Å². The van der Waals surface area contributed by atoms with E-state index in [2.05, 4.69) is 4.99 Å². The number of hydrogen-bond acceptors (Lipinski definition) is 3. The van der Waals surface area contributed by atoms with Crippen molar-refractivity contribution in [2.24, 2.45) is 4.99 Å². The average Bonchev–Trinajstić information content (AvgIpc) is 2.65. The summed E-state index contributed by atoms with van der Waals surface area (Å²) < 4.78 is 5.45. The van der Waals surface area contributed by atoms with Crippen molar-refractivity contribution in [2.45, 2.75) is 18.9 Å². The van der Waals surface area contributed by atoms with Gasteiger partial charge in [-0.2, -0.15) is 0 Å². The van der Waals surface area contributed by atoms with E-state index in [-0.39, 0.29) is 6.61 Å². The lowest BCUT2D eigenvalue weighted by Crippen LogP contribution is -2.28. The van der Waals surface area contributed by atoms with E-state index in [4.69, 9.17) is 21.4 Å². The zero-order valence-electron chi connectivity index (χ0n) is 9.11. The lowest BCUT2D eigenvalue weighted by atomic mass is 10.1. The summed E-state index contributed by atoms with van der Waals surface area (Å²) >= 11 is 5.80. The van der Waals surface area contributed by atoms with Crippen LogP contribution < -0.4 is 0 Å². The summed E-state index contributed by atoms with van der Waals surface area (Å²) in [6, 6.07) is 7.58. The van der Waals surface area contributed by atoms with Crippen molar-refractivity contribution >= 4 is 17.5 Å². The van der Waals surface area contributed by atoms with Crippen molar-refractivity contribution in [1.82, 2.24) is 0 Å². The van der Waals surface area contributed by atoms with Gasteiger partial charge in [0.05, 0.1) is 6.61 Å². The van der Waals surface area contributed by atoms with Crippen LogP contribution in [-0.4, -0.2) is 29.8 Å². The highest BCUT2D eigenvalue weighted by molar-refractivity contribution is 6.30. The molecule has 1 aromatic rings. The molecule has 1 aliphatic heterocycles. The number of halogens is 1. The van der Waals surface area contributed by atoms with Crippen LogP contribution in [0.1, 0.15) is 12.5 Å². The second kappa shape index (κ2) is 4.44. The lowest BCUT2D eigenvalue weighted by Gasteiger charge is -2.12. The predicted molar refractivity (Wildman–Crippen MR) is 64.0 cm³/mol. The van der Waals surface area contributed by atoms with E-state index in [0.717, 1.165) is 10.6 Å². The Morgan fingerprint density at radius 2 is 2.12 bits per heavy atom. The molecule has 0 aromatic heterocycles. The fourth-order valence-corrected chi connectivity index (χ4v) is 1.68. The van der Waals surface area contributed by atoms with Gasteiger partial charge in [-0.15, -0.1) is 0 Å². The molecule has 4 heteroatoms. The van der Waals surface area contributed by atoms with Crippen LogP contribution >= 0.6 is 11.6 Å². The third kappa shape index (κ3) is 2.54. The maximum Gasteiger partial charge on any atom is 0.188 e. The van der Waals surface area contributed by atoms with Gasteiger partial charge in [-0.3, -0.25) is 0 Å². The Morgan fingerprint density at radius 3 is 2.69 bits per heavy atom. The van der Waals surface area contributed by atoms with Crippen molar-refractivity contribution in [3.63, 3.8) is 0 Å². The van der Waals surface area contributed by atoms with Gasteiger partial charge in [-0.05, 0) is 24.6 Å². The molecule has 0 radical (unpaired) electrons. The summed E-state index contributed by atoms with van der Waals surface area (Å²) in [6.07, 6.45) is 0.646. The standard InChI is InChI=1S/C12H14ClNO2/c1-12(7-15)8-16-11(14-12)6-9-2-4-10(13)5-3-9/h2-5,15H,6-8H2,1H3/t12-/m1/s1. The second-order valence-electron chi connectivity index (χ2n) is 4.25. The molecule has 16 heavy (non-hydrogen) atoms. The van der Waals surface area contributed by atoms with Gasteiger partial charge in [0.1, 0.15) is 12.1 Å². The normalized spacial score (nSPS) is 24.1. The van der Waals surface area contributed by atoms with Crippen LogP contribution in [0.4, 0.5) is 0 Å². The molecule has 0 spiro atoms. The van der Waals surface area contributed by atoms with Crippen LogP contribution in [0.2, 0.25) is 5.02 Å². The number of aliphatic imine (C=N–C) groups is 1. The fourth-order valence-electron chi connectivity index (χ4n) is 1.55. The summed E-state index contributed by atoms with van der Waals surface area (Å²) in [4.78, 5) is 4.37. The Morgan fingerprint density at radius 1 is 1.44 bits per heavy atom. The number of rotatable bonds is 3. The van der Waals surface area contributed by atoms with Crippen molar-refractivity contribution in [1.29, 1.82) is 0 Å². The molecule has 1 aromatic carbocycles. The maximum atomic E-state index is 9.14. The maximum absolute atomic E-state index is 9.14. The van der Waals surface area contributed by atoms with Crippen LogP contribution in [0.25, 0.3) is 0 Å². The molecule has 0 aliphatic carbocycles. The van der Waals surface area contributed by atoms with Crippen LogP contribution in [0, 0.1) is 0 Å². The highest BCUT2D eigenvalue weighted by Crippen LogP contribution is 2.19. The molecule has 0 fully saturated rings. The van der Waals surface area contributed by atoms with E-state index in [9.17, 15) is 0 Å². The molecule has 2 rings (SSSR count). The molecule has 1 atom stereocenters. The van der Waals surface area contributed by atoms with E-state index in [1.165, 1.54) is 0 Å². The topological polar surface area (TPSA) is 41.8 Å². The number of hydrogen-bond donors (Lipinski definition) is 1. The van der Waals surface area contributed by atoms with E-state index >= 15 is 0 Å². The number of aliphatic hydroxyl groups excluding tert-OH is 1. The second-order valence-corrected chi connectivity index (χ2v) is 4.69. The average molecular weight is 240 g/mol. The first-order chi connectivity index (χ1) is 7.61. The SMILES string of the molecule is C[C@@]1(CO)COC(Cc2ccc(Cl)cc2)=N1. The monoisotopic (exact) mass is 239 g/mol. The van der Waals surface area contributed by atoms with Crippen molar-refractivity contribution < 1.29 is 9.84 Å². The molecule has 0 saturated heterocycles. The minimum atomic E-state index is -0.470. The van der Waals surface area contributed by atoms with Gasteiger partial charge in [0, 0.05) is 11.4 Å². The molecule has 0 saturated carbocycles. The van der Waals surface area contributed by atoms with Crippen molar-refractivity contribution in [3.05, 3.63) is 34.9 Å². The highest BCUT2D eigenvalue weighted by Gasteiger charge is 2.30. The minimum absolute atomic E-state index is 0.0110. The summed E-state index contributed by atoms with van der Waals surface area (Å²) in [5, 5.41) is 9.86. The van der Waals surface area contributed by atoms with Crippen molar-refractivity contribution in [2.75, 3.05) is 13.2 Å². The third-order valence-corrected chi connectivity index (χ3v) is 2.81. The molecule has 1 N–H and O–H groups in total. The quantitative estimate of drug-likeness (QED) is 0.877. The molecular weight excluding hydrogens is 226 g/mol. The Balaban J connectivity index is 2.06. The summed E-state index contributed by atoms with van der Waals surface area (Å²) in [5.74, 6) is 0.680. The van der Waals surface area contributed by atoms with Gasteiger partial charge in [-0.25, -0.2) is 4.99 Å². The Bertz CT molecular complexity index is 402. The molecule has 0 bridgehead atoms. The Kier molecular flexibility index (Phi) is 3.17. The first kappa shape index (κ1) is 11.4. The van der Waals surface area contributed by atoms with Gasteiger partial charge in [0.25, 0.3) is 0 Å². The summed E-state index contributed by atoms with van der Waals surface area (Å²) in [7, 11) is 0. The van der Waals surface area contributed by atoms with E-state index in [1.807, 2.05) is 31.2 Å². The summed E-state index contributed by atoms with van der Waals surface area (Å²) in [6.45, 7) is 2.34. The molecular formula is C12H14ClNO2. The number of ether oxygens (including phenoxy) is 1. The summed E-state index contributed by atoms with van der Waals surface area (Å²) in [5.41, 5.74) is 0.632. The van der Waals surface area contributed by atoms with Crippen LogP contribution in [0.3, 0.4) is 0 Å². The number of nitrogens with zero attached hydrogens (tertiary/aromatic N) is 1. The van der Waals surface area contributed by atoms with Gasteiger partial charge in [0.15, 0.2) is 5.90 Å². The van der Waals surface area contributed by atoms with Crippen LogP contribution in [0.15, 0.2) is 29.3 Å². The van der Waals surface area contributed by atoms with Gasteiger partial charge >= 0.3 is 0 Å². The Hall–Kier alpha value is -1.06. The lowest BCUT2D eigenvalue weighted by molar-refractivity contribution is 0.169. The fraction of sp³-hybridized carbons (Fsp3) is 0.417. The molecule has 0 amide bonds. The van der Waals surface area contributed by atoms with Crippen LogP contribution in [-0.2, 0) is 11.2 Å². The minimum Gasteiger partial charge on any atom is -0.478 e. The number of aliphatic hydroxyl groups is 1. The van der Waals surface area contributed by atoms with Gasteiger partial charge in [-0.1, -0.05) is 23.7 Å². The predicted octanol–water partition coefficient (Wildman–Crippen LogP) is 2.06. The molecule has 0 unspecified atom stereocenters. The first-order valence-corrected chi connectivity index (χ1v) is 5.56. The molecule has 1 heterocycles. The van der Waals surface area contributed by atoms with Crippen molar-refractivity contribution in [3.8, 4) is 0 Å². The zero-order chi connectivity index (χ0) is 11.6. The van der Waals surface area contributed by atoms with Gasteiger partial charge < -0.3 is 9.84 Å². The largest absolute Gasteiger partial charge is 0.478 e. The zero-order valence-corrected chi connectivity index (χ0v) is 9.87. The number of benzene rings is 1.